The predicted octanol–water partition coefficient (Wildman–Crippen LogP) is 6.40. The molecule has 1 aromatic heterocycles. The van der Waals surface area contributed by atoms with Crippen molar-refractivity contribution in [2.24, 2.45) is 5.10 Å². The summed E-state index contributed by atoms with van der Waals surface area (Å²) in [5.74, 6) is -0.595. The van der Waals surface area contributed by atoms with Gasteiger partial charge in [0, 0.05) is 22.7 Å². The second kappa shape index (κ2) is 11.8. The van der Waals surface area contributed by atoms with Crippen molar-refractivity contribution in [3.63, 3.8) is 0 Å². The van der Waals surface area contributed by atoms with Crippen molar-refractivity contribution in [2.45, 2.75) is 11.8 Å². The minimum absolute atomic E-state index is 0.0134. The van der Waals surface area contributed by atoms with Gasteiger partial charge in [0.15, 0.2) is 11.7 Å². The fourth-order valence-corrected chi connectivity index (χ4v) is 3.92. The SMILES string of the molecule is O=C(/C(=N\Nc1ccc([N+](=O)[O-])cc1)Sc1nnc(COc2ccc(Cl)cc2Cl)o1)c1ccc(F)cc1. The summed E-state index contributed by atoms with van der Waals surface area (Å²) in [6, 6.07) is 15.0. The van der Waals surface area contributed by atoms with Crippen molar-refractivity contribution >= 4 is 57.2 Å². The van der Waals surface area contributed by atoms with Gasteiger partial charge in [-0.25, -0.2) is 4.39 Å². The van der Waals surface area contributed by atoms with Gasteiger partial charge in [-0.15, -0.1) is 10.2 Å². The van der Waals surface area contributed by atoms with Crippen LogP contribution in [0.2, 0.25) is 10.0 Å². The van der Waals surface area contributed by atoms with Crippen LogP contribution in [0, 0.1) is 15.9 Å². The van der Waals surface area contributed by atoms with Gasteiger partial charge in [-0.1, -0.05) is 23.2 Å². The molecule has 3 aromatic carbocycles. The van der Waals surface area contributed by atoms with Crippen LogP contribution in [0.4, 0.5) is 15.8 Å². The molecular weight excluding hydrogens is 548 g/mol. The van der Waals surface area contributed by atoms with Crippen molar-refractivity contribution < 1.29 is 23.3 Å². The largest absolute Gasteiger partial charge is 0.482 e. The number of hydrogen-bond donors (Lipinski definition) is 1. The first-order valence-corrected chi connectivity index (χ1v) is 11.8. The number of nitro groups is 1. The zero-order valence-electron chi connectivity index (χ0n) is 18.4. The maximum atomic E-state index is 13.3. The zero-order valence-corrected chi connectivity index (χ0v) is 20.8. The lowest BCUT2D eigenvalue weighted by molar-refractivity contribution is -0.384. The van der Waals surface area contributed by atoms with Gasteiger partial charge in [-0.2, -0.15) is 5.10 Å². The normalized spacial score (nSPS) is 11.3. The van der Waals surface area contributed by atoms with E-state index in [1.54, 1.807) is 12.1 Å². The number of ketones is 1. The maximum Gasteiger partial charge on any atom is 0.283 e. The minimum Gasteiger partial charge on any atom is -0.482 e. The molecule has 0 saturated carbocycles. The Kier molecular flexibility index (Phi) is 8.33. The number of nitro benzene ring substituents is 1. The van der Waals surface area contributed by atoms with E-state index in [0.717, 1.165) is 23.9 Å². The molecule has 188 valence electrons. The molecule has 0 aliphatic heterocycles. The molecule has 0 bridgehead atoms. The highest BCUT2D eigenvalue weighted by Gasteiger charge is 2.20. The first kappa shape index (κ1) is 26.1. The molecule has 1 heterocycles. The van der Waals surface area contributed by atoms with Gasteiger partial charge in [0.05, 0.1) is 15.6 Å². The van der Waals surface area contributed by atoms with E-state index in [1.807, 2.05) is 0 Å². The van der Waals surface area contributed by atoms with Crippen LogP contribution in [0.1, 0.15) is 16.2 Å². The smallest absolute Gasteiger partial charge is 0.283 e. The van der Waals surface area contributed by atoms with Gasteiger partial charge in [-0.05, 0) is 66.4 Å². The number of hydrazone groups is 1. The van der Waals surface area contributed by atoms with Crippen LogP contribution >= 0.6 is 35.0 Å². The molecule has 0 radical (unpaired) electrons. The standard InChI is InChI=1S/C23H14Cl2FN5O5S/c24-14-3-10-19(18(25)11-14)35-12-20-28-30-23(36-20)37-22(21(32)13-1-4-15(26)5-2-13)29-27-16-6-8-17(9-7-16)31(33)34/h1-11,27H,12H2/b29-22+. The van der Waals surface area contributed by atoms with E-state index in [9.17, 15) is 19.3 Å². The lowest BCUT2D eigenvalue weighted by Gasteiger charge is -2.06. The average Bonchev–Trinajstić information content (AvgIpc) is 3.33. The number of ether oxygens (including phenoxy) is 1. The van der Waals surface area contributed by atoms with Crippen LogP contribution in [-0.4, -0.2) is 25.9 Å². The number of Topliss-reactive ketones (excluding diaryl/α,β-unsaturated/α-hetero) is 1. The first-order valence-electron chi connectivity index (χ1n) is 10.2. The van der Waals surface area contributed by atoms with Crippen LogP contribution in [0.15, 0.2) is 81.5 Å². The van der Waals surface area contributed by atoms with E-state index in [2.05, 4.69) is 20.7 Å². The summed E-state index contributed by atoms with van der Waals surface area (Å²) in [7, 11) is 0. The van der Waals surface area contributed by atoms with Crippen molar-refractivity contribution in [2.75, 3.05) is 5.43 Å². The molecule has 1 N–H and O–H groups in total. The molecule has 10 nitrogen and oxygen atoms in total. The van der Waals surface area contributed by atoms with E-state index in [1.165, 1.54) is 42.5 Å². The number of halogens is 3. The summed E-state index contributed by atoms with van der Waals surface area (Å²) < 4.78 is 24.4. The summed E-state index contributed by atoms with van der Waals surface area (Å²) in [4.78, 5) is 23.4. The van der Waals surface area contributed by atoms with Crippen LogP contribution < -0.4 is 10.2 Å². The second-order valence-corrected chi connectivity index (χ2v) is 8.88. The Morgan fingerprint density at radius 3 is 2.51 bits per heavy atom. The first-order chi connectivity index (χ1) is 17.8. The molecule has 4 aromatic rings. The Balaban J connectivity index is 1.51. The van der Waals surface area contributed by atoms with E-state index < -0.39 is 16.5 Å². The summed E-state index contributed by atoms with van der Waals surface area (Å²) in [6.07, 6.45) is 0. The monoisotopic (exact) mass is 561 g/mol. The number of anilines is 1. The number of nitrogens with zero attached hydrogens (tertiary/aromatic N) is 4. The fourth-order valence-electron chi connectivity index (χ4n) is 2.77. The summed E-state index contributed by atoms with van der Waals surface area (Å²) >= 11 is 12.7. The van der Waals surface area contributed by atoms with Gasteiger partial charge in [0.2, 0.25) is 5.78 Å². The number of hydrogen-bond acceptors (Lipinski definition) is 10. The third-order valence-corrected chi connectivity index (χ3v) is 5.88. The number of rotatable bonds is 9. The van der Waals surface area contributed by atoms with Crippen LogP contribution in [0.3, 0.4) is 0 Å². The lowest BCUT2D eigenvalue weighted by atomic mass is 10.1. The van der Waals surface area contributed by atoms with Crippen LogP contribution in [0.5, 0.6) is 5.75 Å². The maximum absolute atomic E-state index is 13.3. The summed E-state index contributed by atoms with van der Waals surface area (Å²) in [5, 5.41) is 23.4. The highest BCUT2D eigenvalue weighted by atomic mass is 35.5. The van der Waals surface area contributed by atoms with Gasteiger partial charge >= 0.3 is 0 Å². The van der Waals surface area contributed by atoms with Crippen molar-refractivity contribution in [1.82, 2.24) is 10.2 Å². The summed E-state index contributed by atoms with van der Waals surface area (Å²) in [5.41, 5.74) is 3.11. The highest BCUT2D eigenvalue weighted by Crippen LogP contribution is 2.28. The molecule has 0 aliphatic carbocycles. The molecule has 0 fully saturated rings. The minimum atomic E-state index is -0.552. The quantitative estimate of drug-likeness (QED) is 0.0614. The number of aromatic nitrogens is 2. The molecule has 14 heteroatoms. The van der Waals surface area contributed by atoms with E-state index >= 15 is 0 Å². The zero-order chi connectivity index (χ0) is 26.4. The molecule has 0 aliphatic rings. The third kappa shape index (κ3) is 7.03. The Bertz CT molecular complexity index is 1470. The Morgan fingerprint density at radius 1 is 1.11 bits per heavy atom. The van der Waals surface area contributed by atoms with Crippen molar-refractivity contribution in [3.05, 3.63) is 104 Å². The molecule has 0 spiro atoms. The second-order valence-electron chi connectivity index (χ2n) is 7.10. The van der Waals surface area contributed by atoms with Gasteiger partial charge in [-0.3, -0.25) is 20.3 Å². The number of carbonyl (C=O) groups is 1. The van der Waals surface area contributed by atoms with Crippen LogP contribution in [0.25, 0.3) is 0 Å². The number of thioether (sulfide) groups is 1. The van der Waals surface area contributed by atoms with E-state index in [-0.39, 0.29) is 34.0 Å². The Labute approximate surface area is 222 Å². The number of carbonyl (C=O) groups excluding carboxylic acids is 1. The molecule has 37 heavy (non-hydrogen) atoms. The van der Waals surface area contributed by atoms with Crippen molar-refractivity contribution in [3.8, 4) is 5.75 Å². The molecule has 0 amide bonds. The summed E-state index contributed by atoms with van der Waals surface area (Å²) in [6.45, 7) is -0.103. The van der Waals surface area contributed by atoms with Gasteiger partial charge in [0.1, 0.15) is 11.6 Å². The fraction of sp³-hybridized carbons (Fsp3) is 0.0435. The van der Waals surface area contributed by atoms with E-state index in [0.29, 0.717) is 21.5 Å². The molecular formula is C23H14Cl2FN5O5S. The average molecular weight is 562 g/mol. The predicted molar refractivity (Wildman–Crippen MR) is 136 cm³/mol. The highest BCUT2D eigenvalue weighted by molar-refractivity contribution is 8.15. The molecule has 0 atom stereocenters. The Morgan fingerprint density at radius 2 is 1.84 bits per heavy atom. The number of benzene rings is 3. The van der Waals surface area contributed by atoms with Gasteiger partial charge < -0.3 is 9.15 Å². The van der Waals surface area contributed by atoms with Crippen LogP contribution in [-0.2, 0) is 6.61 Å². The Hall–Kier alpha value is -4.00. The number of non-ortho nitro benzene ring substituents is 1. The van der Waals surface area contributed by atoms with E-state index in [4.69, 9.17) is 32.4 Å². The topological polar surface area (TPSA) is 133 Å². The lowest BCUT2D eigenvalue weighted by Crippen LogP contribution is -2.13. The molecule has 4 rings (SSSR count). The molecule has 0 unspecified atom stereocenters. The van der Waals surface area contributed by atoms with Crippen molar-refractivity contribution in [1.29, 1.82) is 0 Å². The number of nitrogens with one attached hydrogen (secondary N) is 1. The third-order valence-electron chi connectivity index (χ3n) is 4.54. The van der Waals surface area contributed by atoms with Gasteiger partial charge in [0.25, 0.3) is 16.8 Å². The molecule has 0 saturated heterocycles.